The van der Waals surface area contributed by atoms with Crippen LogP contribution >= 0.6 is 0 Å². The molecule has 0 bridgehead atoms. The van der Waals surface area contributed by atoms with Crippen LogP contribution in [0.2, 0.25) is 0 Å². The lowest BCUT2D eigenvalue weighted by Gasteiger charge is -2.32. The molecule has 9 nitrogen and oxygen atoms in total. The minimum absolute atomic E-state index is 0.286. The van der Waals surface area contributed by atoms with E-state index in [2.05, 4.69) is 25.4 Å². The number of hydrogen-bond acceptors (Lipinski definition) is 8. The van der Waals surface area contributed by atoms with Crippen molar-refractivity contribution in [1.29, 1.82) is 5.26 Å². The van der Waals surface area contributed by atoms with Crippen molar-refractivity contribution in [2.75, 3.05) is 24.6 Å². The summed E-state index contributed by atoms with van der Waals surface area (Å²) < 4.78 is 5.65. The van der Waals surface area contributed by atoms with Crippen LogP contribution in [-0.2, 0) is 11.8 Å². The van der Waals surface area contributed by atoms with E-state index in [1.54, 1.807) is 13.2 Å². The molecule has 1 fully saturated rings. The van der Waals surface area contributed by atoms with Gasteiger partial charge in [0.25, 0.3) is 0 Å². The summed E-state index contributed by atoms with van der Waals surface area (Å²) in [6, 6.07) is 2.05. The molecule has 0 N–H and O–H groups in total. The molecular formula is C11H12N8O. The van der Waals surface area contributed by atoms with E-state index in [-0.39, 0.29) is 6.10 Å². The van der Waals surface area contributed by atoms with Crippen LogP contribution < -0.4 is 4.90 Å². The highest BCUT2D eigenvalue weighted by Crippen LogP contribution is 2.23. The first-order valence-corrected chi connectivity index (χ1v) is 6.09. The SMILES string of the molecule is Cn1nnc(C2CN(c3nccnc3C#N)CCO2)n1. The van der Waals surface area contributed by atoms with Crippen molar-refractivity contribution in [1.82, 2.24) is 30.2 Å². The Morgan fingerprint density at radius 2 is 2.25 bits per heavy atom. The van der Waals surface area contributed by atoms with Gasteiger partial charge in [-0.25, -0.2) is 9.97 Å². The van der Waals surface area contributed by atoms with Crippen molar-refractivity contribution in [2.45, 2.75) is 6.10 Å². The smallest absolute Gasteiger partial charge is 0.205 e. The van der Waals surface area contributed by atoms with Crippen LogP contribution in [0.5, 0.6) is 0 Å². The zero-order chi connectivity index (χ0) is 13.9. The fourth-order valence-electron chi connectivity index (χ4n) is 2.07. The molecule has 2 aromatic heterocycles. The van der Waals surface area contributed by atoms with Crippen molar-refractivity contribution in [3.63, 3.8) is 0 Å². The van der Waals surface area contributed by atoms with Gasteiger partial charge in [0, 0.05) is 18.9 Å². The number of morpholine rings is 1. The predicted octanol–water partition coefficient (Wildman–Crippen LogP) is -0.550. The minimum atomic E-state index is -0.286. The van der Waals surface area contributed by atoms with Gasteiger partial charge in [0.2, 0.25) is 5.82 Å². The van der Waals surface area contributed by atoms with E-state index < -0.39 is 0 Å². The number of anilines is 1. The van der Waals surface area contributed by atoms with Crippen LogP contribution in [0.1, 0.15) is 17.6 Å². The lowest BCUT2D eigenvalue weighted by atomic mass is 10.2. The van der Waals surface area contributed by atoms with E-state index in [0.717, 1.165) is 0 Å². The lowest BCUT2D eigenvalue weighted by Crippen LogP contribution is -2.39. The van der Waals surface area contributed by atoms with Crippen molar-refractivity contribution < 1.29 is 4.74 Å². The second kappa shape index (κ2) is 5.18. The molecule has 0 radical (unpaired) electrons. The second-order valence-electron chi connectivity index (χ2n) is 4.28. The third-order valence-electron chi connectivity index (χ3n) is 2.96. The topological polar surface area (TPSA) is 106 Å². The third kappa shape index (κ3) is 2.28. The average Bonchev–Trinajstić information content (AvgIpc) is 2.94. The number of nitrogens with zero attached hydrogens (tertiary/aromatic N) is 8. The van der Waals surface area contributed by atoms with Gasteiger partial charge in [-0.1, -0.05) is 0 Å². The summed E-state index contributed by atoms with van der Waals surface area (Å²) >= 11 is 0. The van der Waals surface area contributed by atoms with Gasteiger partial charge in [0.15, 0.2) is 11.5 Å². The quantitative estimate of drug-likeness (QED) is 0.717. The summed E-state index contributed by atoms with van der Waals surface area (Å²) in [5, 5.41) is 21.0. The second-order valence-corrected chi connectivity index (χ2v) is 4.28. The van der Waals surface area contributed by atoms with Gasteiger partial charge in [0.1, 0.15) is 12.2 Å². The summed E-state index contributed by atoms with van der Waals surface area (Å²) in [5.41, 5.74) is 0.306. The average molecular weight is 272 g/mol. The summed E-state index contributed by atoms with van der Waals surface area (Å²) in [5.74, 6) is 1.09. The summed E-state index contributed by atoms with van der Waals surface area (Å²) in [6.07, 6.45) is 2.79. The van der Waals surface area contributed by atoms with E-state index in [1.807, 2.05) is 11.0 Å². The highest BCUT2D eigenvalue weighted by molar-refractivity contribution is 5.49. The molecule has 3 heterocycles. The molecule has 0 spiro atoms. The van der Waals surface area contributed by atoms with Gasteiger partial charge in [0.05, 0.1) is 20.2 Å². The van der Waals surface area contributed by atoms with Crippen LogP contribution in [0.25, 0.3) is 0 Å². The maximum Gasteiger partial charge on any atom is 0.205 e. The zero-order valence-corrected chi connectivity index (χ0v) is 10.8. The molecule has 0 amide bonds. The van der Waals surface area contributed by atoms with E-state index in [1.165, 1.54) is 11.0 Å². The Hall–Kier alpha value is -2.60. The molecule has 1 saturated heterocycles. The Kier molecular flexibility index (Phi) is 3.22. The first-order valence-electron chi connectivity index (χ1n) is 6.09. The van der Waals surface area contributed by atoms with Gasteiger partial charge < -0.3 is 9.64 Å². The molecule has 1 aliphatic heterocycles. The largest absolute Gasteiger partial charge is 0.366 e. The zero-order valence-electron chi connectivity index (χ0n) is 10.8. The van der Waals surface area contributed by atoms with Crippen molar-refractivity contribution in [2.24, 2.45) is 7.05 Å². The molecule has 0 aromatic carbocycles. The van der Waals surface area contributed by atoms with Crippen LogP contribution in [0.15, 0.2) is 12.4 Å². The molecule has 2 aromatic rings. The number of aryl methyl sites for hydroxylation is 1. The monoisotopic (exact) mass is 272 g/mol. The first kappa shape index (κ1) is 12.4. The normalized spacial score (nSPS) is 18.8. The molecule has 1 aliphatic rings. The Morgan fingerprint density at radius 1 is 1.40 bits per heavy atom. The fraction of sp³-hybridized carbons (Fsp3) is 0.455. The number of nitriles is 1. The lowest BCUT2D eigenvalue weighted by molar-refractivity contribution is 0.0335. The van der Waals surface area contributed by atoms with Gasteiger partial charge >= 0.3 is 0 Å². The molecule has 0 aliphatic carbocycles. The highest BCUT2D eigenvalue weighted by atomic mass is 16.5. The molecule has 20 heavy (non-hydrogen) atoms. The first-order chi connectivity index (χ1) is 9.78. The van der Waals surface area contributed by atoms with Gasteiger partial charge in [-0.15, -0.1) is 10.2 Å². The van der Waals surface area contributed by atoms with E-state index >= 15 is 0 Å². The maximum absolute atomic E-state index is 9.09. The van der Waals surface area contributed by atoms with Crippen LogP contribution in [0.3, 0.4) is 0 Å². The van der Waals surface area contributed by atoms with Gasteiger partial charge in [-0.3, -0.25) is 0 Å². The molecule has 3 rings (SSSR count). The molecule has 102 valence electrons. The van der Waals surface area contributed by atoms with Crippen LogP contribution in [0, 0.1) is 11.3 Å². The number of aromatic nitrogens is 6. The van der Waals surface area contributed by atoms with E-state index in [9.17, 15) is 0 Å². The van der Waals surface area contributed by atoms with E-state index in [0.29, 0.717) is 37.0 Å². The molecule has 0 saturated carbocycles. The van der Waals surface area contributed by atoms with Gasteiger partial charge in [-0.2, -0.15) is 10.1 Å². The van der Waals surface area contributed by atoms with Crippen molar-refractivity contribution in [3.05, 3.63) is 23.9 Å². The minimum Gasteiger partial charge on any atom is -0.366 e. The molecule has 1 atom stereocenters. The molecule has 9 heteroatoms. The van der Waals surface area contributed by atoms with Gasteiger partial charge in [-0.05, 0) is 5.21 Å². The summed E-state index contributed by atoms with van der Waals surface area (Å²) in [6.45, 7) is 1.66. The number of hydrogen-bond donors (Lipinski definition) is 0. The summed E-state index contributed by atoms with van der Waals surface area (Å²) in [4.78, 5) is 11.6. The van der Waals surface area contributed by atoms with E-state index in [4.69, 9.17) is 10.00 Å². The Labute approximate surface area is 114 Å². The van der Waals surface area contributed by atoms with Crippen molar-refractivity contribution >= 4 is 5.82 Å². The number of tetrazole rings is 1. The maximum atomic E-state index is 9.09. The number of ether oxygens (including phenoxy) is 1. The van der Waals surface area contributed by atoms with Crippen LogP contribution in [0.4, 0.5) is 5.82 Å². The molecular weight excluding hydrogens is 260 g/mol. The standard InChI is InChI=1S/C11H12N8O/c1-18-16-10(15-17-18)9-7-19(4-5-20-9)11-8(6-12)13-2-3-14-11/h2-3,9H,4-5,7H2,1H3. The Balaban J connectivity index is 1.83. The fourth-order valence-corrected chi connectivity index (χ4v) is 2.07. The Bertz CT molecular complexity index is 648. The van der Waals surface area contributed by atoms with Crippen molar-refractivity contribution in [3.8, 4) is 6.07 Å². The highest BCUT2D eigenvalue weighted by Gasteiger charge is 2.27. The Morgan fingerprint density at radius 3 is 3.00 bits per heavy atom. The third-order valence-corrected chi connectivity index (χ3v) is 2.96. The van der Waals surface area contributed by atoms with Crippen LogP contribution in [-0.4, -0.2) is 49.9 Å². The number of rotatable bonds is 2. The predicted molar refractivity (Wildman–Crippen MR) is 66.5 cm³/mol. The summed E-state index contributed by atoms with van der Waals surface area (Å²) in [7, 11) is 1.70. The molecule has 1 unspecified atom stereocenters.